The number of ether oxygens (including phenoxy) is 1. The second kappa shape index (κ2) is 10.3. The largest absolute Gasteiger partial charge is 0.490 e. The summed E-state index contributed by atoms with van der Waals surface area (Å²) in [7, 11) is 0. The van der Waals surface area contributed by atoms with E-state index < -0.39 is 0 Å². The van der Waals surface area contributed by atoms with Crippen LogP contribution >= 0.6 is 0 Å². The molecule has 25 heavy (non-hydrogen) atoms. The van der Waals surface area contributed by atoms with Crippen LogP contribution in [-0.4, -0.2) is 6.10 Å². The normalized spacial score (nSPS) is 12.2. The van der Waals surface area contributed by atoms with Crippen LogP contribution in [0.3, 0.4) is 0 Å². The minimum Gasteiger partial charge on any atom is -0.490 e. The van der Waals surface area contributed by atoms with Crippen LogP contribution in [-0.2, 0) is 25.7 Å². The molecule has 0 radical (unpaired) electrons. The first kappa shape index (κ1) is 19.6. The van der Waals surface area contributed by atoms with Gasteiger partial charge >= 0.3 is 0 Å². The lowest BCUT2D eigenvalue weighted by atomic mass is 9.91. The molecule has 0 aliphatic rings. The van der Waals surface area contributed by atoms with E-state index in [9.17, 15) is 0 Å². The lowest BCUT2D eigenvalue weighted by molar-refractivity contribution is 0.219. The van der Waals surface area contributed by atoms with Gasteiger partial charge in [0, 0.05) is 6.42 Å². The summed E-state index contributed by atoms with van der Waals surface area (Å²) in [4.78, 5) is 0. The third kappa shape index (κ3) is 5.63. The molecule has 0 heterocycles. The molecule has 0 N–H and O–H groups in total. The maximum absolute atomic E-state index is 6.42. The fourth-order valence-corrected chi connectivity index (χ4v) is 3.62. The summed E-state index contributed by atoms with van der Waals surface area (Å²) in [5.41, 5.74) is 5.87. The molecule has 0 spiro atoms. The molecule has 1 heteroatoms. The summed E-state index contributed by atoms with van der Waals surface area (Å²) in [6, 6.07) is 15.2. The van der Waals surface area contributed by atoms with Gasteiger partial charge in [-0.1, -0.05) is 76.4 Å². The number of hydrogen-bond donors (Lipinski definition) is 0. The van der Waals surface area contributed by atoms with E-state index in [0.29, 0.717) is 0 Å². The molecule has 1 nitrogen and oxygen atoms in total. The van der Waals surface area contributed by atoms with E-state index in [1.54, 1.807) is 5.56 Å². The Morgan fingerprint density at radius 2 is 1.40 bits per heavy atom. The van der Waals surface area contributed by atoms with Crippen molar-refractivity contribution >= 4 is 0 Å². The van der Waals surface area contributed by atoms with Crippen molar-refractivity contribution in [2.75, 3.05) is 0 Å². The van der Waals surface area contributed by atoms with Gasteiger partial charge in [0.15, 0.2) is 0 Å². The van der Waals surface area contributed by atoms with Gasteiger partial charge in [-0.05, 0) is 54.5 Å². The first-order valence-corrected chi connectivity index (χ1v) is 10.0. The van der Waals surface area contributed by atoms with Crippen LogP contribution in [0.2, 0.25) is 0 Å². The molecular weight excluding hydrogens is 304 g/mol. The second-order valence-corrected chi connectivity index (χ2v) is 7.05. The summed E-state index contributed by atoms with van der Waals surface area (Å²) in [6.07, 6.45) is 8.14. The predicted molar refractivity (Wildman–Crippen MR) is 109 cm³/mol. The SMILES string of the molecule is CCCc1ccc(OC(C)Cc2ccccc2)c(CCC)c1CCC. The van der Waals surface area contributed by atoms with Crippen LogP contribution < -0.4 is 4.74 Å². The molecule has 0 saturated carbocycles. The van der Waals surface area contributed by atoms with Gasteiger partial charge in [-0.15, -0.1) is 0 Å². The molecule has 1 unspecified atom stereocenters. The molecule has 0 aliphatic carbocycles. The Morgan fingerprint density at radius 3 is 2.04 bits per heavy atom. The smallest absolute Gasteiger partial charge is 0.123 e. The van der Waals surface area contributed by atoms with E-state index in [0.717, 1.165) is 31.4 Å². The molecule has 0 bridgehead atoms. The quantitative estimate of drug-likeness (QED) is 0.477. The van der Waals surface area contributed by atoms with Crippen LogP contribution in [0.5, 0.6) is 5.75 Å². The van der Waals surface area contributed by atoms with Crippen molar-refractivity contribution in [1.29, 1.82) is 0 Å². The summed E-state index contributed by atoms with van der Waals surface area (Å²) in [5, 5.41) is 0. The zero-order valence-corrected chi connectivity index (χ0v) is 16.5. The number of rotatable bonds is 10. The maximum atomic E-state index is 6.42. The molecule has 0 amide bonds. The third-order valence-electron chi connectivity index (χ3n) is 4.70. The second-order valence-electron chi connectivity index (χ2n) is 7.05. The van der Waals surface area contributed by atoms with E-state index in [4.69, 9.17) is 4.74 Å². The van der Waals surface area contributed by atoms with Gasteiger partial charge < -0.3 is 4.74 Å². The Hall–Kier alpha value is -1.76. The van der Waals surface area contributed by atoms with E-state index in [1.807, 2.05) is 0 Å². The molecule has 1 atom stereocenters. The number of aryl methyl sites for hydroxylation is 1. The third-order valence-corrected chi connectivity index (χ3v) is 4.70. The molecule has 0 aliphatic heterocycles. The van der Waals surface area contributed by atoms with Gasteiger partial charge in [0.25, 0.3) is 0 Å². The van der Waals surface area contributed by atoms with Gasteiger partial charge in [-0.2, -0.15) is 0 Å². The Kier molecular flexibility index (Phi) is 8.04. The predicted octanol–water partition coefficient (Wildman–Crippen LogP) is 6.55. The molecular formula is C24H34O. The lowest BCUT2D eigenvalue weighted by Gasteiger charge is -2.22. The van der Waals surface area contributed by atoms with Crippen LogP contribution in [0, 0.1) is 0 Å². The average Bonchev–Trinajstić information content (AvgIpc) is 2.61. The number of hydrogen-bond acceptors (Lipinski definition) is 1. The van der Waals surface area contributed by atoms with Crippen LogP contribution in [0.4, 0.5) is 0 Å². The van der Waals surface area contributed by atoms with Crippen LogP contribution in [0.1, 0.15) is 69.2 Å². The van der Waals surface area contributed by atoms with Crippen molar-refractivity contribution in [2.45, 2.75) is 78.7 Å². The Labute approximate surface area is 154 Å². The summed E-state index contributed by atoms with van der Waals surface area (Å²) in [6.45, 7) is 8.99. The van der Waals surface area contributed by atoms with E-state index in [1.165, 1.54) is 36.0 Å². The average molecular weight is 339 g/mol. The molecule has 2 rings (SSSR count). The first-order valence-electron chi connectivity index (χ1n) is 10.0. The molecule has 2 aromatic carbocycles. The highest BCUT2D eigenvalue weighted by molar-refractivity contribution is 5.46. The minimum absolute atomic E-state index is 0.185. The van der Waals surface area contributed by atoms with Gasteiger partial charge in [0.05, 0.1) is 6.10 Å². The fourth-order valence-electron chi connectivity index (χ4n) is 3.62. The van der Waals surface area contributed by atoms with Crippen LogP contribution in [0.15, 0.2) is 42.5 Å². The van der Waals surface area contributed by atoms with Gasteiger partial charge in [0.2, 0.25) is 0 Å². The van der Waals surface area contributed by atoms with Crippen molar-refractivity contribution in [3.63, 3.8) is 0 Å². The van der Waals surface area contributed by atoms with E-state index in [-0.39, 0.29) is 6.10 Å². The fraction of sp³-hybridized carbons (Fsp3) is 0.500. The molecule has 136 valence electrons. The van der Waals surface area contributed by atoms with Crippen LogP contribution in [0.25, 0.3) is 0 Å². The van der Waals surface area contributed by atoms with Gasteiger partial charge in [-0.3, -0.25) is 0 Å². The zero-order chi connectivity index (χ0) is 18.1. The Balaban J connectivity index is 2.24. The molecule has 2 aromatic rings. The Bertz CT molecular complexity index is 630. The number of benzene rings is 2. The highest BCUT2D eigenvalue weighted by atomic mass is 16.5. The highest BCUT2D eigenvalue weighted by Gasteiger charge is 2.15. The van der Waals surface area contributed by atoms with E-state index in [2.05, 4.69) is 70.2 Å². The Morgan fingerprint density at radius 1 is 0.760 bits per heavy atom. The standard InChI is InChI=1S/C24H34O/c1-5-11-21-16-17-24(23(13-7-3)22(21)12-6-2)25-19(4)18-20-14-9-8-10-15-20/h8-10,14-17,19H,5-7,11-13,18H2,1-4H3. The van der Waals surface area contributed by atoms with Crippen molar-refractivity contribution < 1.29 is 4.74 Å². The zero-order valence-electron chi connectivity index (χ0n) is 16.5. The summed E-state index contributed by atoms with van der Waals surface area (Å²) < 4.78 is 6.42. The van der Waals surface area contributed by atoms with Gasteiger partial charge in [0.1, 0.15) is 5.75 Å². The van der Waals surface area contributed by atoms with Crippen molar-refractivity contribution in [3.8, 4) is 5.75 Å². The summed E-state index contributed by atoms with van der Waals surface area (Å²) in [5.74, 6) is 1.11. The minimum atomic E-state index is 0.185. The first-order chi connectivity index (χ1) is 12.2. The molecule has 0 aromatic heterocycles. The topological polar surface area (TPSA) is 9.23 Å². The highest BCUT2D eigenvalue weighted by Crippen LogP contribution is 2.30. The van der Waals surface area contributed by atoms with Gasteiger partial charge in [-0.25, -0.2) is 0 Å². The molecule has 0 saturated heterocycles. The molecule has 0 fully saturated rings. The van der Waals surface area contributed by atoms with Crippen molar-refractivity contribution in [2.24, 2.45) is 0 Å². The van der Waals surface area contributed by atoms with Crippen molar-refractivity contribution in [3.05, 3.63) is 64.7 Å². The van der Waals surface area contributed by atoms with Crippen molar-refractivity contribution in [1.82, 2.24) is 0 Å². The lowest BCUT2D eigenvalue weighted by Crippen LogP contribution is -2.17. The van der Waals surface area contributed by atoms with E-state index >= 15 is 0 Å². The monoisotopic (exact) mass is 338 g/mol. The summed E-state index contributed by atoms with van der Waals surface area (Å²) >= 11 is 0. The maximum Gasteiger partial charge on any atom is 0.123 e.